The zero-order chi connectivity index (χ0) is 22.8. The van der Waals surface area contributed by atoms with E-state index >= 15 is 0 Å². The Morgan fingerprint density at radius 2 is 1.87 bits per heavy atom. The summed E-state index contributed by atoms with van der Waals surface area (Å²) >= 11 is 0. The van der Waals surface area contributed by atoms with Gasteiger partial charge in [-0.05, 0) is 51.5 Å². The van der Waals surface area contributed by atoms with Crippen molar-refractivity contribution in [2.45, 2.75) is 45.6 Å². The van der Waals surface area contributed by atoms with E-state index in [0.29, 0.717) is 28.5 Å². The van der Waals surface area contributed by atoms with E-state index in [1.165, 1.54) is 42.3 Å². The predicted octanol–water partition coefficient (Wildman–Crippen LogP) is 5.35. The number of esters is 1. The van der Waals surface area contributed by atoms with E-state index < -0.39 is 17.5 Å². The smallest absolute Gasteiger partial charge is 0.419 e. The first-order valence-electron chi connectivity index (χ1n) is 9.82. The number of aromatic nitrogens is 1. The predicted molar refractivity (Wildman–Crippen MR) is 111 cm³/mol. The number of Topliss-reactive ketones (excluding diaryl/α,β-unsaturated/α-hetero) is 1. The molecule has 0 amide bonds. The Hall–Kier alpha value is -3.42. The average molecular weight is 429 g/mol. The molecule has 0 atom stereocenters. The van der Waals surface area contributed by atoms with Crippen LogP contribution in [0.25, 0.3) is 22.0 Å². The minimum absolute atomic E-state index is 0.120. The molecule has 0 aliphatic carbocycles. The third-order valence-electron chi connectivity index (χ3n) is 4.55. The molecular weight excluding hydrogens is 405 g/mol. The van der Waals surface area contributed by atoms with Gasteiger partial charge in [0.25, 0.3) is 0 Å². The zero-order valence-corrected chi connectivity index (χ0v) is 17.9. The van der Waals surface area contributed by atoms with Crippen molar-refractivity contribution >= 4 is 28.7 Å². The third-order valence-corrected chi connectivity index (χ3v) is 4.55. The third kappa shape index (κ3) is 5.20. The quantitative estimate of drug-likeness (QED) is 0.388. The summed E-state index contributed by atoms with van der Waals surface area (Å²) in [4.78, 5) is 36.2. The first kappa shape index (κ1) is 22.3. The molecule has 0 unspecified atom stereocenters. The molecule has 2 heterocycles. The minimum Gasteiger partial charge on any atom is -0.469 e. The van der Waals surface area contributed by atoms with Crippen LogP contribution in [0.4, 0.5) is 9.18 Å². The van der Waals surface area contributed by atoms with Crippen LogP contribution in [0.3, 0.4) is 0 Å². The summed E-state index contributed by atoms with van der Waals surface area (Å²) in [6.45, 7) is 5.27. The fourth-order valence-electron chi connectivity index (χ4n) is 3.14. The second-order valence-electron chi connectivity index (χ2n) is 8.11. The molecule has 0 fully saturated rings. The monoisotopic (exact) mass is 429 g/mol. The average Bonchev–Trinajstić information content (AvgIpc) is 3.30. The van der Waals surface area contributed by atoms with Crippen molar-refractivity contribution in [1.29, 1.82) is 0 Å². The molecule has 0 N–H and O–H groups in total. The lowest BCUT2D eigenvalue weighted by molar-refractivity contribution is -0.140. The highest BCUT2D eigenvalue weighted by Crippen LogP contribution is 2.33. The summed E-state index contributed by atoms with van der Waals surface area (Å²) in [5, 5.41) is 0.483. The molecule has 8 heteroatoms. The van der Waals surface area contributed by atoms with Gasteiger partial charge in [-0.25, -0.2) is 9.18 Å². The molecule has 0 aliphatic rings. The summed E-state index contributed by atoms with van der Waals surface area (Å²) in [7, 11) is 1.29. The number of carbonyl (C=O) groups is 3. The molecule has 0 spiro atoms. The minimum atomic E-state index is -0.701. The Kier molecular flexibility index (Phi) is 6.29. The lowest BCUT2D eigenvalue weighted by atomic mass is 10.1. The molecule has 7 nitrogen and oxygen atoms in total. The van der Waals surface area contributed by atoms with E-state index in [1.807, 2.05) is 0 Å². The molecule has 2 aromatic heterocycles. The number of benzene rings is 1. The highest BCUT2D eigenvalue weighted by molar-refractivity contribution is 6.02. The number of ether oxygens (including phenoxy) is 2. The van der Waals surface area contributed by atoms with E-state index in [4.69, 9.17) is 9.15 Å². The van der Waals surface area contributed by atoms with E-state index in [9.17, 15) is 18.8 Å². The Morgan fingerprint density at radius 1 is 1.13 bits per heavy atom. The Labute approximate surface area is 178 Å². The molecule has 3 rings (SSSR count). The second-order valence-corrected chi connectivity index (χ2v) is 8.11. The Balaban J connectivity index is 1.91. The lowest BCUT2D eigenvalue weighted by Crippen LogP contribution is -2.26. The second kappa shape index (κ2) is 8.75. The van der Waals surface area contributed by atoms with Crippen LogP contribution >= 0.6 is 0 Å². The van der Waals surface area contributed by atoms with Crippen LogP contribution in [0.2, 0.25) is 0 Å². The van der Waals surface area contributed by atoms with Gasteiger partial charge in [0.05, 0.1) is 18.9 Å². The van der Waals surface area contributed by atoms with Crippen LogP contribution in [0, 0.1) is 5.82 Å². The summed E-state index contributed by atoms with van der Waals surface area (Å²) < 4.78 is 30.7. The standard InChI is InChI=1S/C23H24FNO6/c1-23(2,3)31-22(28)25-12-17(16-11-15(24)8-9-18(16)25)14-10-20(30-13-14)19(26)6-5-7-21(27)29-4/h8-13H,5-7H2,1-4H3. The molecular formula is C23H24FNO6. The highest BCUT2D eigenvalue weighted by Gasteiger charge is 2.23. The molecule has 164 valence electrons. The highest BCUT2D eigenvalue weighted by atomic mass is 19.1. The van der Waals surface area contributed by atoms with Crippen molar-refractivity contribution in [2.75, 3.05) is 7.11 Å². The van der Waals surface area contributed by atoms with Crippen molar-refractivity contribution in [3.05, 3.63) is 48.3 Å². The molecule has 0 saturated carbocycles. The van der Waals surface area contributed by atoms with Crippen LogP contribution in [0.5, 0.6) is 0 Å². The van der Waals surface area contributed by atoms with Gasteiger partial charge in [-0.3, -0.25) is 14.2 Å². The van der Waals surface area contributed by atoms with Gasteiger partial charge >= 0.3 is 12.1 Å². The van der Waals surface area contributed by atoms with Gasteiger partial charge in [0.15, 0.2) is 11.5 Å². The number of carbonyl (C=O) groups excluding carboxylic acids is 3. The van der Waals surface area contributed by atoms with Crippen LogP contribution in [-0.2, 0) is 14.3 Å². The SMILES string of the molecule is COC(=O)CCCC(=O)c1cc(-c2cn(C(=O)OC(C)(C)C)c3ccc(F)cc23)co1. The van der Waals surface area contributed by atoms with E-state index in [0.717, 1.165) is 0 Å². The van der Waals surface area contributed by atoms with Crippen molar-refractivity contribution in [3.63, 3.8) is 0 Å². The fourth-order valence-corrected chi connectivity index (χ4v) is 3.14. The van der Waals surface area contributed by atoms with Gasteiger partial charge < -0.3 is 13.9 Å². The summed E-state index contributed by atoms with van der Waals surface area (Å²) in [5.74, 6) is -0.991. The van der Waals surface area contributed by atoms with Gasteiger partial charge in [-0.1, -0.05) is 0 Å². The van der Waals surface area contributed by atoms with Crippen molar-refractivity contribution < 1.29 is 32.7 Å². The molecule has 0 aliphatic heterocycles. The normalized spacial score (nSPS) is 11.5. The van der Waals surface area contributed by atoms with Crippen LogP contribution in [0.1, 0.15) is 50.6 Å². The van der Waals surface area contributed by atoms with Gasteiger partial charge in [-0.15, -0.1) is 0 Å². The number of furan rings is 1. The van der Waals surface area contributed by atoms with Gasteiger partial charge in [-0.2, -0.15) is 0 Å². The lowest BCUT2D eigenvalue weighted by Gasteiger charge is -2.19. The maximum Gasteiger partial charge on any atom is 0.419 e. The Bertz CT molecular complexity index is 1130. The topological polar surface area (TPSA) is 87.7 Å². The number of hydrogen-bond acceptors (Lipinski definition) is 6. The largest absolute Gasteiger partial charge is 0.469 e. The first-order valence-corrected chi connectivity index (χ1v) is 9.82. The number of fused-ring (bicyclic) bond motifs is 1. The van der Waals surface area contributed by atoms with Crippen molar-refractivity contribution in [2.24, 2.45) is 0 Å². The molecule has 0 radical (unpaired) electrons. The number of nitrogens with zero attached hydrogens (tertiary/aromatic N) is 1. The van der Waals surface area contributed by atoms with Crippen LogP contribution < -0.4 is 0 Å². The van der Waals surface area contributed by atoms with Crippen molar-refractivity contribution in [3.8, 4) is 11.1 Å². The molecule has 31 heavy (non-hydrogen) atoms. The Morgan fingerprint density at radius 3 is 2.55 bits per heavy atom. The van der Waals surface area contributed by atoms with Crippen LogP contribution in [0.15, 0.2) is 41.1 Å². The summed E-state index contributed by atoms with van der Waals surface area (Å²) in [6.07, 6.45) is 2.92. The zero-order valence-electron chi connectivity index (χ0n) is 17.9. The fraction of sp³-hybridized carbons (Fsp3) is 0.348. The van der Waals surface area contributed by atoms with E-state index in [2.05, 4.69) is 4.74 Å². The molecule has 0 saturated heterocycles. The number of halogens is 1. The summed E-state index contributed by atoms with van der Waals surface area (Å²) in [6, 6.07) is 5.62. The van der Waals surface area contributed by atoms with Gasteiger partial charge in [0, 0.05) is 35.6 Å². The van der Waals surface area contributed by atoms with Crippen LogP contribution in [-0.4, -0.2) is 35.1 Å². The van der Waals surface area contributed by atoms with Gasteiger partial charge in [0.1, 0.15) is 11.4 Å². The van der Waals surface area contributed by atoms with Gasteiger partial charge in [0.2, 0.25) is 0 Å². The van der Waals surface area contributed by atoms with E-state index in [-0.39, 0.29) is 30.4 Å². The van der Waals surface area contributed by atoms with Crippen molar-refractivity contribution in [1.82, 2.24) is 4.57 Å². The first-order chi connectivity index (χ1) is 14.6. The maximum atomic E-state index is 13.9. The maximum absolute atomic E-state index is 13.9. The number of methoxy groups -OCH3 is 1. The number of ketones is 1. The molecule has 1 aromatic carbocycles. The van der Waals surface area contributed by atoms with E-state index in [1.54, 1.807) is 26.8 Å². The number of rotatable bonds is 6. The summed E-state index contributed by atoms with van der Waals surface area (Å²) in [5.41, 5.74) is 0.817. The number of hydrogen-bond donors (Lipinski definition) is 0. The molecule has 3 aromatic rings. The molecule has 0 bridgehead atoms.